The van der Waals surface area contributed by atoms with Crippen LogP contribution < -0.4 is 4.90 Å². The summed E-state index contributed by atoms with van der Waals surface area (Å²) >= 11 is 0. The highest BCUT2D eigenvalue weighted by Gasteiger charge is 2.33. The number of furan rings is 1. The lowest BCUT2D eigenvalue weighted by molar-refractivity contribution is 0.0983. The van der Waals surface area contributed by atoms with Crippen molar-refractivity contribution in [2.45, 2.75) is 39.3 Å². The Morgan fingerprint density at radius 1 is 1.21 bits per heavy atom. The van der Waals surface area contributed by atoms with Crippen LogP contribution in [0.1, 0.15) is 42.7 Å². The normalized spacial score (nSPS) is 16.0. The number of nitrogens with zero attached hydrogens (tertiary/aromatic N) is 4. The van der Waals surface area contributed by atoms with Gasteiger partial charge in [-0.15, -0.1) is 0 Å². The molecule has 0 fully saturated rings. The number of rotatable bonds is 3. The van der Waals surface area contributed by atoms with Gasteiger partial charge in [-0.25, -0.2) is 9.67 Å². The van der Waals surface area contributed by atoms with Crippen LogP contribution in [0.2, 0.25) is 0 Å². The first kappa shape index (κ1) is 17.7. The van der Waals surface area contributed by atoms with Gasteiger partial charge in [-0.2, -0.15) is 5.10 Å². The summed E-state index contributed by atoms with van der Waals surface area (Å²) in [5.74, 6) is 0.596. The molecule has 0 radical (unpaired) electrons. The number of carbonyl (C=O) groups excluding carboxylic acids is 1. The summed E-state index contributed by atoms with van der Waals surface area (Å²) in [5, 5.41) is 5.26. The van der Waals surface area contributed by atoms with Crippen molar-refractivity contribution in [1.29, 1.82) is 0 Å². The molecule has 3 aromatic heterocycles. The second-order valence-electron chi connectivity index (χ2n) is 7.81. The first-order valence-electron chi connectivity index (χ1n) is 9.88. The van der Waals surface area contributed by atoms with Crippen LogP contribution in [0.25, 0.3) is 22.5 Å². The second kappa shape index (κ2) is 6.58. The molecule has 1 atom stereocenters. The van der Waals surface area contributed by atoms with Crippen LogP contribution in [0.3, 0.4) is 0 Å². The molecule has 0 saturated carbocycles. The first-order valence-corrected chi connectivity index (χ1v) is 9.88. The summed E-state index contributed by atoms with van der Waals surface area (Å²) in [7, 11) is 0. The average Bonchev–Trinajstić information content (AvgIpc) is 3.43. The third-order valence-corrected chi connectivity index (χ3v) is 5.49. The number of fused-ring (bicyclic) bond motifs is 2. The molecule has 0 aliphatic carbocycles. The molecular formula is C23H22N4O2. The average molecular weight is 386 g/mol. The van der Waals surface area contributed by atoms with Gasteiger partial charge < -0.3 is 9.32 Å². The van der Waals surface area contributed by atoms with Crippen LogP contribution in [-0.2, 0) is 6.42 Å². The van der Waals surface area contributed by atoms with Gasteiger partial charge in [-0.3, -0.25) is 4.79 Å². The molecule has 0 spiro atoms. The van der Waals surface area contributed by atoms with Crippen molar-refractivity contribution in [3.05, 3.63) is 66.1 Å². The molecule has 1 amide bonds. The van der Waals surface area contributed by atoms with Crippen LogP contribution in [0, 0.1) is 0 Å². The van der Waals surface area contributed by atoms with E-state index in [1.165, 1.54) is 5.56 Å². The van der Waals surface area contributed by atoms with E-state index in [-0.39, 0.29) is 18.0 Å². The molecule has 6 nitrogen and oxygen atoms in total. The van der Waals surface area contributed by atoms with E-state index in [4.69, 9.17) is 9.40 Å². The number of amides is 1. The molecule has 0 saturated heterocycles. The van der Waals surface area contributed by atoms with Crippen molar-refractivity contribution in [3.63, 3.8) is 0 Å². The zero-order valence-electron chi connectivity index (χ0n) is 16.7. The number of anilines is 1. The molecule has 146 valence electrons. The highest BCUT2D eigenvalue weighted by Crippen LogP contribution is 2.35. The predicted octanol–water partition coefficient (Wildman–Crippen LogP) is 4.86. The van der Waals surface area contributed by atoms with Gasteiger partial charge in [-0.1, -0.05) is 18.2 Å². The summed E-state index contributed by atoms with van der Waals surface area (Å²) in [6.07, 6.45) is 4.21. The molecule has 1 aliphatic rings. The van der Waals surface area contributed by atoms with Crippen molar-refractivity contribution >= 4 is 22.6 Å². The monoisotopic (exact) mass is 386 g/mol. The third kappa shape index (κ3) is 2.75. The van der Waals surface area contributed by atoms with Crippen LogP contribution in [0.5, 0.6) is 0 Å². The maximum atomic E-state index is 13.8. The lowest BCUT2D eigenvalue weighted by Crippen LogP contribution is -2.35. The van der Waals surface area contributed by atoms with Gasteiger partial charge in [0, 0.05) is 17.8 Å². The fourth-order valence-electron chi connectivity index (χ4n) is 4.13. The quantitative estimate of drug-likeness (QED) is 0.504. The summed E-state index contributed by atoms with van der Waals surface area (Å²) < 4.78 is 7.41. The van der Waals surface area contributed by atoms with Gasteiger partial charge >= 0.3 is 0 Å². The highest BCUT2D eigenvalue weighted by atomic mass is 16.3. The predicted molar refractivity (Wildman–Crippen MR) is 112 cm³/mol. The van der Waals surface area contributed by atoms with E-state index in [9.17, 15) is 4.79 Å². The van der Waals surface area contributed by atoms with Crippen LogP contribution in [0.15, 0.2) is 59.3 Å². The van der Waals surface area contributed by atoms with Crippen molar-refractivity contribution in [2.24, 2.45) is 0 Å². The van der Waals surface area contributed by atoms with E-state index in [2.05, 4.69) is 18.1 Å². The molecule has 4 aromatic rings. The lowest BCUT2D eigenvalue weighted by atomic mass is 10.1. The van der Waals surface area contributed by atoms with Gasteiger partial charge in [0.2, 0.25) is 0 Å². The Bertz CT molecular complexity index is 1210. The Labute approximate surface area is 168 Å². The molecule has 5 rings (SSSR count). The third-order valence-electron chi connectivity index (χ3n) is 5.49. The molecule has 0 unspecified atom stereocenters. The van der Waals surface area contributed by atoms with Crippen LogP contribution in [0.4, 0.5) is 5.69 Å². The minimum absolute atomic E-state index is 0.0361. The highest BCUT2D eigenvalue weighted by molar-refractivity contribution is 6.14. The summed E-state index contributed by atoms with van der Waals surface area (Å²) in [6, 6.07) is 13.8. The summed E-state index contributed by atoms with van der Waals surface area (Å²) in [4.78, 5) is 20.4. The minimum atomic E-state index is -0.0361. The SMILES string of the molecule is CC(C)n1ncc2c(C(=O)N3c4ccccc4C[C@@H]3C)cc(-c3ccco3)nc21. The molecule has 0 bridgehead atoms. The van der Waals surface area contributed by atoms with Crippen molar-refractivity contribution in [3.8, 4) is 11.5 Å². The minimum Gasteiger partial charge on any atom is -0.463 e. The number of para-hydroxylation sites is 1. The Hall–Kier alpha value is -3.41. The molecule has 6 heteroatoms. The number of hydrogen-bond acceptors (Lipinski definition) is 4. The zero-order chi connectivity index (χ0) is 20.1. The Balaban J connectivity index is 1.71. The maximum Gasteiger partial charge on any atom is 0.259 e. The van der Waals surface area contributed by atoms with Gasteiger partial charge in [0.25, 0.3) is 5.91 Å². The zero-order valence-corrected chi connectivity index (χ0v) is 16.7. The van der Waals surface area contributed by atoms with E-state index in [0.29, 0.717) is 22.7 Å². The van der Waals surface area contributed by atoms with Crippen molar-refractivity contribution in [2.75, 3.05) is 4.90 Å². The fraction of sp³-hybridized carbons (Fsp3) is 0.261. The molecular weight excluding hydrogens is 364 g/mol. The van der Waals surface area contributed by atoms with E-state index in [0.717, 1.165) is 17.5 Å². The number of carbonyl (C=O) groups is 1. The number of benzene rings is 1. The van der Waals surface area contributed by atoms with Gasteiger partial charge in [0.15, 0.2) is 11.4 Å². The van der Waals surface area contributed by atoms with E-state index in [1.807, 2.05) is 59.8 Å². The lowest BCUT2D eigenvalue weighted by Gasteiger charge is -2.23. The largest absolute Gasteiger partial charge is 0.463 e. The van der Waals surface area contributed by atoms with E-state index < -0.39 is 0 Å². The molecule has 0 N–H and O–H groups in total. The van der Waals surface area contributed by atoms with E-state index >= 15 is 0 Å². The van der Waals surface area contributed by atoms with Crippen LogP contribution >= 0.6 is 0 Å². The Morgan fingerprint density at radius 2 is 2.03 bits per heavy atom. The first-order chi connectivity index (χ1) is 14.0. The topological polar surface area (TPSA) is 64.2 Å². The van der Waals surface area contributed by atoms with Gasteiger partial charge in [0.1, 0.15) is 5.69 Å². The number of aromatic nitrogens is 3. The summed E-state index contributed by atoms with van der Waals surface area (Å²) in [5.41, 5.74) is 4.09. The van der Waals surface area contributed by atoms with Gasteiger partial charge in [-0.05, 0) is 57.0 Å². The Morgan fingerprint density at radius 3 is 2.79 bits per heavy atom. The maximum absolute atomic E-state index is 13.8. The second-order valence-corrected chi connectivity index (χ2v) is 7.81. The number of hydrogen-bond donors (Lipinski definition) is 0. The molecule has 4 heterocycles. The fourth-order valence-corrected chi connectivity index (χ4v) is 4.13. The molecule has 1 aromatic carbocycles. The van der Waals surface area contributed by atoms with Gasteiger partial charge in [0.05, 0.1) is 23.4 Å². The standard InChI is InChI=1S/C23H22N4O2/c1-14(2)27-22-18(13-24-27)17(12-19(25-22)21-9-6-10-29-21)23(28)26-15(3)11-16-7-4-5-8-20(16)26/h4-10,12-15H,11H2,1-3H3/t15-/m0/s1. The van der Waals surface area contributed by atoms with E-state index in [1.54, 1.807) is 12.5 Å². The molecule has 29 heavy (non-hydrogen) atoms. The van der Waals surface area contributed by atoms with Crippen molar-refractivity contribution in [1.82, 2.24) is 14.8 Å². The van der Waals surface area contributed by atoms with Crippen LogP contribution in [-0.4, -0.2) is 26.7 Å². The smallest absolute Gasteiger partial charge is 0.259 e. The van der Waals surface area contributed by atoms with Crippen molar-refractivity contribution < 1.29 is 9.21 Å². The number of pyridine rings is 1. The summed E-state index contributed by atoms with van der Waals surface area (Å²) in [6.45, 7) is 6.18. The Kier molecular flexibility index (Phi) is 4.01. The molecule has 1 aliphatic heterocycles.